The van der Waals surface area contributed by atoms with Crippen molar-refractivity contribution < 1.29 is 19.7 Å². The van der Waals surface area contributed by atoms with Crippen LogP contribution in [0.2, 0.25) is 0 Å². The molecule has 3 rings (SSSR count). The number of aromatic hydroxyl groups is 2. The molecule has 0 saturated carbocycles. The lowest BCUT2D eigenvalue weighted by atomic mass is 9.84. The normalized spacial score (nSPS) is 27.2. The van der Waals surface area contributed by atoms with Crippen LogP contribution >= 0.6 is 0 Å². The predicted octanol–water partition coefficient (Wildman–Crippen LogP) is 1.47. The highest BCUT2D eigenvalue weighted by molar-refractivity contribution is 5.51. The summed E-state index contributed by atoms with van der Waals surface area (Å²) < 4.78 is 11.5. The van der Waals surface area contributed by atoms with Crippen LogP contribution in [0.5, 0.6) is 11.5 Å². The summed E-state index contributed by atoms with van der Waals surface area (Å²) in [6, 6.07) is 3.29. The molecule has 5 heteroatoms. The minimum atomic E-state index is -0.210. The van der Waals surface area contributed by atoms with Crippen LogP contribution in [0.25, 0.3) is 0 Å². The highest BCUT2D eigenvalue weighted by atomic mass is 16.5. The summed E-state index contributed by atoms with van der Waals surface area (Å²) in [6.07, 6.45) is 2.38. The maximum Gasteiger partial charge on any atom is 0.161 e. The zero-order chi connectivity index (χ0) is 14.1. The Bertz CT molecular complexity index is 485. The highest BCUT2D eigenvalue weighted by Gasteiger charge is 2.34. The predicted molar refractivity (Wildman–Crippen MR) is 73.7 cm³/mol. The third kappa shape index (κ3) is 2.37. The lowest BCUT2D eigenvalue weighted by molar-refractivity contribution is -0.0774. The molecule has 1 aromatic rings. The second-order valence-corrected chi connectivity index (χ2v) is 5.55. The Morgan fingerprint density at radius 3 is 2.65 bits per heavy atom. The number of benzene rings is 1. The number of phenols is 2. The van der Waals surface area contributed by atoms with Crippen LogP contribution < -0.4 is 5.73 Å². The quantitative estimate of drug-likeness (QED) is 0.714. The lowest BCUT2D eigenvalue weighted by Crippen LogP contribution is -2.37. The minimum Gasteiger partial charge on any atom is -0.504 e. The van der Waals surface area contributed by atoms with Gasteiger partial charge in [0.2, 0.25) is 0 Å². The lowest BCUT2D eigenvalue weighted by Gasteiger charge is -2.38. The molecule has 0 aromatic heterocycles. The van der Waals surface area contributed by atoms with E-state index >= 15 is 0 Å². The second kappa shape index (κ2) is 5.60. The maximum absolute atomic E-state index is 10.1. The Hall–Kier alpha value is -1.30. The Morgan fingerprint density at radius 2 is 1.95 bits per heavy atom. The van der Waals surface area contributed by atoms with Crippen molar-refractivity contribution in [2.75, 3.05) is 19.8 Å². The smallest absolute Gasteiger partial charge is 0.161 e. The molecule has 5 nitrogen and oxygen atoms in total. The Morgan fingerprint density at radius 1 is 1.20 bits per heavy atom. The van der Waals surface area contributed by atoms with Crippen molar-refractivity contribution in [2.24, 2.45) is 11.7 Å². The van der Waals surface area contributed by atoms with Gasteiger partial charge in [0.25, 0.3) is 0 Å². The van der Waals surface area contributed by atoms with Crippen LogP contribution in [0.4, 0.5) is 0 Å². The monoisotopic (exact) mass is 279 g/mol. The summed E-state index contributed by atoms with van der Waals surface area (Å²) in [7, 11) is 0. The molecule has 2 unspecified atom stereocenters. The van der Waals surface area contributed by atoms with Gasteiger partial charge in [0.05, 0.1) is 12.2 Å². The van der Waals surface area contributed by atoms with Crippen molar-refractivity contribution in [3.05, 3.63) is 23.3 Å². The Kier molecular flexibility index (Phi) is 3.83. The van der Waals surface area contributed by atoms with Gasteiger partial charge >= 0.3 is 0 Å². The van der Waals surface area contributed by atoms with E-state index < -0.39 is 0 Å². The summed E-state index contributed by atoms with van der Waals surface area (Å²) >= 11 is 0. The standard InChI is InChI=1S/C15H21NO4/c16-8-14-10-1-2-12(17)15(18)11(10)7-13(20-14)9-3-5-19-6-4-9/h1-2,9,13-14,17-18H,3-8,16H2. The average molecular weight is 279 g/mol. The summed E-state index contributed by atoms with van der Waals surface area (Å²) in [5, 5.41) is 19.8. The van der Waals surface area contributed by atoms with E-state index in [4.69, 9.17) is 15.2 Å². The van der Waals surface area contributed by atoms with Crippen LogP contribution in [0.1, 0.15) is 30.1 Å². The number of rotatable bonds is 2. The minimum absolute atomic E-state index is 0.0266. The van der Waals surface area contributed by atoms with Crippen molar-refractivity contribution in [1.29, 1.82) is 0 Å². The van der Waals surface area contributed by atoms with Gasteiger partial charge in [0, 0.05) is 31.7 Å². The molecule has 0 bridgehead atoms. The van der Waals surface area contributed by atoms with E-state index in [0.717, 1.165) is 37.2 Å². The molecule has 0 radical (unpaired) electrons. The third-order valence-corrected chi connectivity index (χ3v) is 4.39. The molecular formula is C15H21NO4. The van der Waals surface area contributed by atoms with Gasteiger partial charge < -0.3 is 25.4 Å². The third-order valence-electron chi connectivity index (χ3n) is 4.39. The van der Waals surface area contributed by atoms with E-state index in [-0.39, 0.29) is 23.7 Å². The van der Waals surface area contributed by atoms with Crippen LogP contribution in [0.15, 0.2) is 12.1 Å². The molecule has 1 aromatic carbocycles. The van der Waals surface area contributed by atoms with Crippen LogP contribution in [0.3, 0.4) is 0 Å². The van der Waals surface area contributed by atoms with Crippen LogP contribution in [-0.2, 0) is 15.9 Å². The molecule has 20 heavy (non-hydrogen) atoms. The van der Waals surface area contributed by atoms with Gasteiger partial charge in [0.15, 0.2) is 11.5 Å². The van der Waals surface area contributed by atoms with Gasteiger partial charge in [-0.15, -0.1) is 0 Å². The van der Waals surface area contributed by atoms with E-state index in [2.05, 4.69) is 0 Å². The van der Waals surface area contributed by atoms with Gasteiger partial charge in [-0.1, -0.05) is 6.07 Å². The highest BCUT2D eigenvalue weighted by Crippen LogP contribution is 2.42. The van der Waals surface area contributed by atoms with Crippen molar-refractivity contribution in [3.63, 3.8) is 0 Å². The molecule has 2 aliphatic rings. The van der Waals surface area contributed by atoms with Crippen molar-refractivity contribution in [2.45, 2.75) is 31.5 Å². The molecule has 1 fully saturated rings. The molecule has 1 saturated heterocycles. The number of nitrogens with two attached hydrogens (primary N) is 1. The first kappa shape index (κ1) is 13.7. The molecule has 110 valence electrons. The maximum atomic E-state index is 10.1. The second-order valence-electron chi connectivity index (χ2n) is 5.55. The van der Waals surface area contributed by atoms with E-state index in [9.17, 15) is 10.2 Å². The van der Waals surface area contributed by atoms with E-state index in [1.54, 1.807) is 6.07 Å². The van der Waals surface area contributed by atoms with Crippen molar-refractivity contribution >= 4 is 0 Å². The topological polar surface area (TPSA) is 84.9 Å². The fourth-order valence-electron chi connectivity index (χ4n) is 3.24. The van der Waals surface area contributed by atoms with Gasteiger partial charge in [0.1, 0.15) is 0 Å². The number of hydrogen-bond donors (Lipinski definition) is 3. The molecule has 2 atom stereocenters. The van der Waals surface area contributed by atoms with Crippen molar-refractivity contribution in [1.82, 2.24) is 0 Å². The zero-order valence-electron chi connectivity index (χ0n) is 11.4. The first-order valence-electron chi connectivity index (χ1n) is 7.17. The van der Waals surface area contributed by atoms with Crippen LogP contribution in [0, 0.1) is 5.92 Å². The molecule has 0 spiro atoms. The number of ether oxygens (including phenoxy) is 2. The molecule has 0 aliphatic carbocycles. The van der Waals surface area contributed by atoms with Gasteiger partial charge in [-0.05, 0) is 30.4 Å². The summed E-state index contributed by atoms with van der Waals surface area (Å²) in [5.41, 5.74) is 7.48. The molecule has 0 amide bonds. The molecule has 2 aliphatic heterocycles. The van der Waals surface area contributed by atoms with E-state index in [1.807, 2.05) is 0 Å². The number of hydrogen-bond acceptors (Lipinski definition) is 5. The number of phenolic OH excluding ortho intramolecular Hbond substituents is 2. The first-order valence-corrected chi connectivity index (χ1v) is 7.17. The summed E-state index contributed by atoms with van der Waals surface area (Å²) in [5.74, 6) is 0.321. The van der Waals surface area contributed by atoms with Crippen molar-refractivity contribution in [3.8, 4) is 11.5 Å². The Labute approximate surface area is 118 Å². The van der Waals surface area contributed by atoms with Gasteiger partial charge in [-0.2, -0.15) is 0 Å². The van der Waals surface area contributed by atoms with Gasteiger partial charge in [-0.3, -0.25) is 0 Å². The van der Waals surface area contributed by atoms with E-state index in [0.29, 0.717) is 18.9 Å². The van der Waals surface area contributed by atoms with Crippen LogP contribution in [-0.4, -0.2) is 36.1 Å². The number of fused-ring (bicyclic) bond motifs is 1. The Balaban J connectivity index is 1.90. The fourth-order valence-corrected chi connectivity index (χ4v) is 3.24. The zero-order valence-corrected chi connectivity index (χ0v) is 11.4. The first-order chi connectivity index (χ1) is 9.70. The molecular weight excluding hydrogens is 258 g/mol. The molecule has 4 N–H and O–H groups in total. The summed E-state index contributed by atoms with van der Waals surface area (Å²) in [4.78, 5) is 0. The molecule has 2 heterocycles. The largest absolute Gasteiger partial charge is 0.504 e. The SMILES string of the molecule is NCC1OC(C2CCOCC2)Cc2c1ccc(O)c2O. The van der Waals surface area contributed by atoms with E-state index in [1.165, 1.54) is 6.07 Å². The van der Waals surface area contributed by atoms with Gasteiger partial charge in [-0.25, -0.2) is 0 Å². The summed E-state index contributed by atoms with van der Waals surface area (Å²) in [6.45, 7) is 1.89. The average Bonchev–Trinajstić information content (AvgIpc) is 2.51. The fraction of sp³-hybridized carbons (Fsp3) is 0.600.